The molecule has 0 aliphatic carbocycles. The highest BCUT2D eigenvalue weighted by Gasteiger charge is 2.54. The number of hydrogen-bond donors (Lipinski definition) is 0. The summed E-state index contributed by atoms with van der Waals surface area (Å²) in [5, 5.41) is 11.7. The van der Waals surface area contributed by atoms with E-state index in [0.29, 0.717) is 31.2 Å². The molecule has 1 unspecified atom stereocenters. The van der Waals surface area contributed by atoms with Gasteiger partial charge in [-0.15, -0.1) is 0 Å². The fourth-order valence-corrected chi connectivity index (χ4v) is 5.02. The first-order valence-electron chi connectivity index (χ1n) is 17.1. The lowest BCUT2D eigenvalue weighted by molar-refractivity contribution is -0.384. The smallest absolute Gasteiger partial charge is 0.342 e. The first-order valence-corrected chi connectivity index (χ1v) is 17.1. The number of nitro benzene ring substituents is 1. The Balaban J connectivity index is 2.11. The molecule has 0 N–H and O–H groups in total. The standard InChI is InChI=1S/C36H45NO14/c1-5-12-28(38)45-22-27-32(49-29(39)13-6-2)33(50-30(40)14-7-3)34(51-31(41)15-8-4)36(48-27)47-26-19-18-24(37(43)44)20-25(26)35(42)46-21-23-16-10-9-11-17-23/h9-11,16-20,27,32-34,36H,5-8,12-15,21-22H2,1-4H3/t27-,32-,33+,34-,36?/m1/s1. The number of non-ortho nitro benzene ring substituents is 1. The largest absolute Gasteiger partial charge is 0.463 e. The molecular weight excluding hydrogens is 670 g/mol. The van der Waals surface area contributed by atoms with Crippen LogP contribution in [0.3, 0.4) is 0 Å². The van der Waals surface area contributed by atoms with Crippen LogP contribution in [0.25, 0.3) is 0 Å². The Morgan fingerprint density at radius 3 is 1.82 bits per heavy atom. The van der Waals surface area contributed by atoms with Crippen molar-refractivity contribution in [3.8, 4) is 5.75 Å². The highest BCUT2D eigenvalue weighted by Crippen LogP contribution is 2.34. The third kappa shape index (κ3) is 12.3. The first-order chi connectivity index (χ1) is 24.5. The second-order valence-corrected chi connectivity index (χ2v) is 11.7. The topological polar surface area (TPSA) is 193 Å². The van der Waals surface area contributed by atoms with Gasteiger partial charge in [-0.2, -0.15) is 0 Å². The molecular formula is C36H45NO14. The molecule has 0 bridgehead atoms. The van der Waals surface area contributed by atoms with Crippen LogP contribution in [0.2, 0.25) is 0 Å². The Bertz CT molecular complexity index is 1500. The molecule has 0 saturated carbocycles. The molecule has 1 saturated heterocycles. The van der Waals surface area contributed by atoms with Gasteiger partial charge in [0.25, 0.3) is 5.69 Å². The van der Waals surface area contributed by atoms with E-state index < -0.39 is 77.8 Å². The predicted octanol–water partition coefficient (Wildman–Crippen LogP) is 5.53. The maximum Gasteiger partial charge on any atom is 0.342 e. The minimum absolute atomic E-state index is 0.00800. The number of carbonyl (C=O) groups excluding carboxylic acids is 5. The molecule has 15 nitrogen and oxygen atoms in total. The number of rotatable bonds is 19. The van der Waals surface area contributed by atoms with Crippen molar-refractivity contribution in [1.82, 2.24) is 0 Å². The van der Waals surface area contributed by atoms with Gasteiger partial charge in [-0.25, -0.2) is 4.79 Å². The van der Waals surface area contributed by atoms with Crippen molar-refractivity contribution in [1.29, 1.82) is 0 Å². The number of esters is 5. The Morgan fingerprint density at radius 2 is 1.25 bits per heavy atom. The van der Waals surface area contributed by atoms with E-state index in [-0.39, 0.29) is 43.6 Å². The molecule has 3 rings (SSSR count). The number of nitrogens with zero attached hydrogens (tertiary/aromatic N) is 1. The molecule has 0 amide bonds. The summed E-state index contributed by atoms with van der Waals surface area (Å²) in [5.41, 5.74) is -0.151. The van der Waals surface area contributed by atoms with Gasteiger partial charge in [0, 0.05) is 37.8 Å². The Hall–Kier alpha value is -5.05. The lowest BCUT2D eigenvalue weighted by atomic mass is 9.97. The molecule has 1 aliphatic rings. The molecule has 15 heteroatoms. The molecule has 1 fully saturated rings. The highest BCUT2D eigenvalue weighted by atomic mass is 16.7. The van der Waals surface area contributed by atoms with Crippen LogP contribution >= 0.6 is 0 Å². The molecule has 0 radical (unpaired) electrons. The van der Waals surface area contributed by atoms with E-state index in [1.165, 1.54) is 0 Å². The average Bonchev–Trinajstić information content (AvgIpc) is 3.09. The third-order valence-electron chi connectivity index (χ3n) is 7.47. The van der Waals surface area contributed by atoms with Crippen molar-refractivity contribution in [2.45, 2.75) is 116 Å². The number of nitro groups is 1. The van der Waals surface area contributed by atoms with Gasteiger partial charge in [-0.05, 0) is 37.3 Å². The van der Waals surface area contributed by atoms with Gasteiger partial charge in [0.2, 0.25) is 12.4 Å². The van der Waals surface area contributed by atoms with Gasteiger partial charge in [0.1, 0.15) is 30.6 Å². The van der Waals surface area contributed by atoms with Crippen LogP contribution in [0, 0.1) is 10.1 Å². The molecule has 1 aliphatic heterocycles. The van der Waals surface area contributed by atoms with Crippen LogP contribution in [0.5, 0.6) is 5.75 Å². The van der Waals surface area contributed by atoms with E-state index in [0.717, 1.165) is 18.2 Å². The second-order valence-electron chi connectivity index (χ2n) is 11.7. The van der Waals surface area contributed by atoms with Crippen molar-refractivity contribution in [3.05, 3.63) is 69.8 Å². The van der Waals surface area contributed by atoms with Gasteiger partial charge < -0.3 is 33.2 Å². The summed E-state index contributed by atoms with van der Waals surface area (Å²) in [5.74, 6) is -3.93. The summed E-state index contributed by atoms with van der Waals surface area (Å²) in [4.78, 5) is 75.6. The first kappa shape index (κ1) is 40.4. The van der Waals surface area contributed by atoms with Gasteiger partial charge in [0.05, 0.1) is 4.92 Å². The maximum atomic E-state index is 13.4. The zero-order valence-corrected chi connectivity index (χ0v) is 29.2. The Kier molecular flexibility index (Phi) is 16.3. The Labute approximate surface area is 295 Å². The van der Waals surface area contributed by atoms with Crippen LogP contribution in [0.15, 0.2) is 48.5 Å². The quantitative estimate of drug-likeness (QED) is 0.0762. The molecule has 2 aromatic carbocycles. The van der Waals surface area contributed by atoms with Crippen molar-refractivity contribution < 1.29 is 62.1 Å². The van der Waals surface area contributed by atoms with Crippen molar-refractivity contribution >= 4 is 35.5 Å². The third-order valence-corrected chi connectivity index (χ3v) is 7.47. The molecule has 0 spiro atoms. The molecule has 0 aromatic heterocycles. The van der Waals surface area contributed by atoms with Crippen molar-refractivity contribution in [2.24, 2.45) is 0 Å². The summed E-state index contributed by atoms with van der Waals surface area (Å²) >= 11 is 0. The summed E-state index contributed by atoms with van der Waals surface area (Å²) < 4.78 is 40.5. The minimum Gasteiger partial charge on any atom is -0.463 e. The SMILES string of the molecule is CCCC(=O)OC[C@H]1OC(Oc2ccc([N+](=O)[O-])cc2C(=O)OCc2ccccc2)[C@H](OC(=O)CCC)[C@@H](OC(=O)CCC)[C@@H]1OC(=O)CCC. The highest BCUT2D eigenvalue weighted by molar-refractivity contribution is 5.93. The number of carbonyl (C=O) groups is 5. The fourth-order valence-electron chi connectivity index (χ4n) is 5.02. The van der Waals surface area contributed by atoms with Crippen LogP contribution in [0.1, 0.15) is 95.0 Å². The summed E-state index contributed by atoms with van der Waals surface area (Å²) in [6.07, 6.45) is -5.84. The van der Waals surface area contributed by atoms with Gasteiger partial charge >= 0.3 is 29.8 Å². The normalized spacial score (nSPS) is 19.6. The number of hydrogen-bond acceptors (Lipinski definition) is 14. The Morgan fingerprint density at radius 1 is 0.706 bits per heavy atom. The lowest BCUT2D eigenvalue weighted by Crippen LogP contribution is -2.64. The van der Waals surface area contributed by atoms with Crippen molar-refractivity contribution in [3.63, 3.8) is 0 Å². The van der Waals surface area contributed by atoms with E-state index in [1.807, 2.05) is 0 Å². The zero-order valence-electron chi connectivity index (χ0n) is 29.2. The van der Waals surface area contributed by atoms with E-state index in [4.69, 9.17) is 33.2 Å². The molecule has 1 heterocycles. The van der Waals surface area contributed by atoms with Gasteiger partial charge in [0.15, 0.2) is 12.2 Å². The van der Waals surface area contributed by atoms with Crippen LogP contribution in [0.4, 0.5) is 5.69 Å². The van der Waals surface area contributed by atoms with E-state index in [9.17, 15) is 34.1 Å². The lowest BCUT2D eigenvalue weighted by Gasteiger charge is -2.44. The predicted molar refractivity (Wildman–Crippen MR) is 178 cm³/mol. The molecule has 51 heavy (non-hydrogen) atoms. The number of ether oxygens (including phenoxy) is 7. The molecule has 2 aromatic rings. The van der Waals surface area contributed by atoms with Crippen LogP contribution in [-0.2, 0) is 54.2 Å². The maximum absolute atomic E-state index is 13.4. The minimum atomic E-state index is -1.68. The summed E-state index contributed by atoms with van der Waals surface area (Å²) in [6.45, 7) is 6.38. The zero-order chi connectivity index (χ0) is 37.3. The van der Waals surface area contributed by atoms with E-state index >= 15 is 0 Å². The molecule has 278 valence electrons. The number of benzene rings is 2. The monoisotopic (exact) mass is 715 g/mol. The van der Waals surface area contributed by atoms with E-state index in [2.05, 4.69) is 0 Å². The fraction of sp³-hybridized carbons (Fsp3) is 0.528. The average molecular weight is 716 g/mol. The second kappa shape index (κ2) is 20.6. The van der Waals surface area contributed by atoms with E-state index in [1.54, 1.807) is 58.0 Å². The van der Waals surface area contributed by atoms with Crippen LogP contribution < -0.4 is 4.74 Å². The summed E-state index contributed by atoms with van der Waals surface area (Å²) in [6, 6.07) is 11.9. The van der Waals surface area contributed by atoms with Crippen LogP contribution in [-0.4, -0.2) is 72.1 Å². The van der Waals surface area contributed by atoms with Gasteiger partial charge in [-0.1, -0.05) is 58.0 Å². The van der Waals surface area contributed by atoms with Gasteiger partial charge in [-0.3, -0.25) is 29.3 Å². The molecule has 5 atom stereocenters. The van der Waals surface area contributed by atoms with Crippen molar-refractivity contribution in [2.75, 3.05) is 6.61 Å². The summed E-state index contributed by atoms with van der Waals surface area (Å²) in [7, 11) is 0.